The van der Waals surface area contributed by atoms with Crippen molar-refractivity contribution in [2.24, 2.45) is 0 Å². The lowest BCUT2D eigenvalue weighted by molar-refractivity contribution is -0.133. The molecule has 2 aliphatic heterocycles. The van der Waals surface area contributed by atoms with Crippen molar-refractivity contribution in [1.82, 2.24) is 15.5 Å². The van der Waals surface area contributed by atoms with Gasteiger partial charge in [-0.25, -0.2) is 13.6 Å². The summed E-state index contributed by atoms with van der Waals surface area (Å²) in [4.78, 5) is 28.3. The largest absolute Gasteiger partial charge is 0.444 e. The van der Waals surface area contributed by atoms with Crippen molar-refractivity contribution in [3.8, 4) is 0 Å². The SMILES string of the molecule is CC(C)(C)NC(=O)C1(NCC2OC(C)(C)N(C(=O)OC(C)(C)C)C2Cc2cc(F)cc(F)c2)CCOCC1. The average Bonchev–Trinajstić information content (AvgIpc) is 2.99. The third-order valence-corrected chi connectivity index (χ3v) is 6.65. The Balaban J connectivity index is 1.92. The molecule has 0 spiro atoms. The Kier molecular flexibility index (Phi) is 8.80. The normalized spacial score (nSPS) is 23.3. The Labute approximate surface area is 224 Å². The zero-order valence-electron chi connectivity index (χ0n) is 23.9. The summed E-state index contributed by atoms with van der Waals surface area (Å²) in [6.07, 6.45) is -0.0982. The molecule has 2 unspecified atom stereocenters. The second kappa shape index (κ2) is 11.1. The standard InChI is InChI=1S/C28H43F2N3O5/c1-25(2,3)32-23(34)28(9-11-36-12-10-28)31-17-22-21(15-18-13-19(29)16-20(30)14-18)33(27(7,8)37-22)24(35)38-26(4,5)6/h13-14,16,21-22,31H,9-12,15,17H2,1-8H3,(H,32,34). The maximum absolute atomic E-state index is 14.0. The van der Waals surface area contributed by atoms with Crippen LogP contribution in [-0.2, 0) is 25.4 Å². The Hall–Kier alpha value is -2.30. The van der Waals surface area contributed by atoms with Gasteiger partial charge in [-0.1, -0.05) is 0 Å². The molecule has 1 aromatic carbocycles. The van der Waals surface area contributed by atoms with Crippen LogP contribution < -0.4 is 10.6 Å². The summed E-state index contributed by atoms with van der Waals surface area (Å²) in [6.45, 7) is 15.7. The smallest absolute Gasteiger partial charge is 0.412 e. The van der Waals surface area contributed by atoms with Gasteiger partial charge >= 0.3 is 6.09 Å². The first-order chi connectivity index (χ1) is 17.4. The van der Waals surface area contributed by atoms with Crippen LogP contribution in [-0.4, -0.2) is 71.2 Å². The summed E-state index contributed by atoms with van der Waals surface area (Å²) in [5.41, 5.74) is -2.74. The van der Waals surface area contributed by atoms with E-state index in [1.807, 2.05) is 20.8 Å². The highest BCUT2D eigenvalue weighted by Crippen LogP contribution is 2.36. The Bertz CT molecular complexity index is 992. The minimum Gasteiger partial charge on any atom is -0.444 e. The van der Waals surface area contributed by atoms with Gasteiger partial charge in [-0.3, -0.25) is 9.69 Å². The highest BCUT2D eigenvalue weighted by atomic mass is 19.1. The molecule has 0 aromatic heterocycles. The van der Waals surface area contributed by atoms with Gasteiger partial charge in [-0.15, -0.1) is 0 Å². The summed E-state index contributed by atoms with van der Waals surface area (Å²) in [7, 11) is 0. The van der Waals surface area contributed by atoms with Crippen molar-refractivity contribution >= 4 is 12.0 Å². The van der Waals surface area contributed by atoms with E-state index in [2.05, 4.69) is 10.6 Å². The fourth-order valence-electron chi connectivity index (χ4n) is 5.07. The lowest BCUT2D eigenvalue weighted by atomic mass is 9.87. The van der Waals surface area contributed by atoms with E-state index in [4.69, 9.17) is 14.2 Å². The topological polar surface area (TPSA) is 89.1 Å². The van der Waals surface area contributed by atoms with E-state index in [-0.39, 0.29) is 18.9 Å². The monoisotopic (exact) mass is 539 g/mol. The highest BCUT2D eigenvalue weighted by molar-refractivity contribution is 5.87. The zero-order valence-corrected chi connectivity index (χ0v) is 23.9. The maximum Gasteiger partial charge on any atom is 0.412 e. The summed E-state index contributed by atoms with van der Waals surface area (Å²) >= 11 is 0. The van der Waals surface area contributed by atoms with Crippen LogP contribution in [0, 0.1) is 11.6 Å². The molecule has 0 bridgehead atoms. The van der Waals surface area contributed by atoms with Gasteiger partial charge < -0.3 is 24.8 Å². The first-order valence-electron chi connectivity index (χ1n) is 13.2. The van der Waals surface area contributed by atoms with Gasteiger partial charge in [0.1, 0.15) is 28.5 Å². The number of amides is 2. The Morgan fingerprint density at radius 3 is 2.16 bits per heavy atom. The molecule has 8 nitrogen and oxygen atoms in total. The summed E-state index contributed by atoms with van der Waals surface area (Å²) < 4.78 is 45.7. The van der Waals surface area contributed by atoms with Crippen molar-refractivity contribution in [3.05, 3.63) is 35.4 Å². The molecule has 10 heteroatoms. The van der Waals surface area contributed by atoms with Gasteiger partial charge in [0.25, 0.3) is 0 Å². The molecule has 2 N–H and O–H groups in total. The number of hydrogen-bond acceptors (Lipinski definition) is 6. The van der Waals surface area contributed by atoms with E-state index in [0.29, 0.717) is 31.6 Å². The van der Waals surface area contributed by atoms with Crippen molar-refractivity contribution in [1.29, 1.82) is 0 Å². The molecule has 2 heterocycles. The van der Waals surface area contributed by atoms with Crippen LogP contribution in [0.5, 0.6) is 0 Å². The molecule has 0 aliphatic carbocycles. The molecule has 1 aromatic rings. The predicted molar refractivity (Wildman–Crippen MR) is 140 cm³/mol. The van der Waals surface area contributed by atoms with Crippen LogP contribution in [0.15, 0.2) is 18.2 Å². The van der Waals surface area contributed by atoms with E-state index in [1.54, 1.807) is 34.6 Å². The number of carbonyl (C=O) groups is 2. The third-order valence-electron chi connectivity index (χ3n) is 6.65. The molecular formula is C28H43F2N3O5. The first-order valence-corrected chi connectivity index (χ1v) is 13.2. The molecule has 0 radical (unpaired) electrons. The van der Waals surface area contributed by atoms with Gasteiger partial charge in [-0.2, -0.15) is 0 Å². The number of nitrogens with one attached hydrogen (secondary N) is 2. The number of nitrogens with zero attached hydrogens (tertiary/aromatic N) is 1. The summed E-state index contributed by atoms with van der Waals surface area (Å²) in [5, 5.41) is 6.51. The molecule has 2 saturated heterocycles. The van der Waals surface area contributed by atoms with Crippen LogP contribution in [0.3, 0.4) is 0 Å². The number of halogens is 2. The van der Waals surface area contributed by atoms with Crippen LogP contribution in [0.1, 0.15) is 73.8 Å². The molecule has 3 rings (SSSR count). The van der Waals surface area contributed by atoms with Gasteiger partial charge in [0.15, 0.2) is 0 Å². The van der Waals surface area contributed by atoms with Crippen LogP contribution in [0.25, 0.3) is 0 Å². The molecule has 2 aliphatic rings. The Morgan fingerprint density at radius 2 is 1.63 bits per heavy atom. The van der Waals surface area contributed by atoms with Crippen molar-refractivity contribution < 1.29 is 32.6 Å². The number of ether oxygens (including phenoxy) is 3. The van der Waals surface area contributed by atoms with Gasteiger partial charge in [0.2, 0.25) is 5.91 Å². The lowest BCUT2D eigenvalue weighted by Gasteiger charge is -2.39. The molecule has 2 atom stereocenters. The molecular weight excluding hydrogens is 496 g/mol. The fraction of sp³-hybridized carbons (Fsp3) is 0.714. The molecule has 38 heavy (non-hydrogen) atoms. The quantitative estimate of drug-likeness (QED) is 0.561. The fourth-order valence-corrected chi connectivity index (χ4v) is 5.07. The molecule has 2 amide bonds. The highest BCUT2D eigenvalue weighted by Gasteiger charge is 2.52. The van der Waals surface area contributed by atoms with Gasteiger partial charge in [0, 0.05) is 31.4 Å². The molecule has 214 valence electrons. The minimum atomic E-state index is -1.07. The van der Waals surface area contributed by atoms with Gasteiger partial charge in [-0.05, 0) is 92.3 Å². The van der Waals surface area contributed by atoms with Crippen LogP contribution in [0.4, 0.5) is 13.6 Å². The molecule has 2 fully saturated rings. The average molecular weight is 540 g/mol. The van der Waals surface area contributed by atoms with Crippen LogP contribution >= 0.6 is 0 Å². The number of rotatable bonds is 6. The summed E-state index contributed by atoms with van der Waals surface area (Å²) in [6, 6.07) is 2.70. The minimum absolute atomic E-state index is 0.127. The van der Waals surface area contributed by atoms with Crippen molar-refractivity contribution in [2.75, 3.05) is 19.8 Å². The number of carbonyl (C=O) groups excluding carboxylic acids is 2. The Morgan fingerprint density at radius 1 is 1.05 bits per heavy atom. The van der Waals surface area contributed by atoms with Crippen LogP contribution in [0.2, 0.25) is 0 Å². The first kappa shape index (κ1) is 30.2. The third kappa shape index (κ3) is 7.64. The number of hydrogen-bond donors (Lipinski definition) is 2. The van der Waals surface area contributed by atoms with Crippen molar-refractivity contribution in [3.63, 3.8) is 0 Å². The van der Waals surface area contributed by atoms with E-state index in [0.717, 1.165) is 6.07 Å². The second-order valence-corrected chi connectivity index (χ2v) is 12.8. The van der Waals surface area contributed by atoms with E-state index < -0.39 is 52.3 Å². The maximum atomic E-state index is 14.0. The predicted octanol–water partition coefficient (Wildman–Crippen LogP) is 4.30. The van der Waals surface area contributed by atoms with Crippen molar-refractivity contribution in [2.45, 2.75) is 109 Å². The van der Waals surface area contributed by atoms with E-state index in [1.165, 1.54) is 17.0 Å². The molecule has 0 saturated carbocycles. The van der Waals surface area contributed by atoms with Gasteiger partial charge in [0.05, 0.1) is 12.1 Å². The van der Waals surface area contributed by atoms with E-state index >= 15 is 0 Å². The number of benzene rings is 1. The zero-order chi connectivity index (χ0) is 28.5. The lowest BCUT2D eigenvalue weighted by Crippen LogP contribution is -2.64. The summed E-state index contributed by atoms with van der Waals surface area (Å²) in [5.74, 6) is -1.52. The van der Waals surface area contributed by atoms with E-state index in [9.17, 15) is 18.4 Å². The second-order valence-electron chi connectivity index (χ2n) is 12.8.